The van der Waals surface area contributed by atoms with Crippen molar-refractivity contribution in [3.8, 4) is 0 Å². The van der Waals surface area contributed by atoms with Crippen LogP contribution in [0.3, 0.4) is 0 Å². The maximum atomic E-state index is 13.8. The highest BCUT2D eigenvalue weighted by molar-refractivity contribution is 6.89. The summed E-state index contributed by atoms with van der Waals surface area (Å²) >= 11 is 0. The molecule has 0 bridgehead atoms. The molecule has 0 aliphatic carbocycles. The first-order valence-corrected chi connectivity index (χ1v) is 30.4. The van der Waals surface area contributed by atoms with E-state index in [0.29, 0.717) is 0 Å². The second kappa shape index (κ2) is 13.3. The van der Waals surface area contributed by atoms with Crippen molar-refractivity contribution in [1.29, 1.82) is 0 Å². The molecule has 1 aliphatic heterocycles. The van der Waals surface area contributed by atoms with Crippen LogP contribution >= 0.6 is 0 Å². The Bertz CT molecular complexity index is 1610. The third-order valence-electron chi connectivity index (χ3n) is 12.7. The van der Waals surface area contributed by atoms with E-state index in [1.54, 1.807) is 4.57 Å². The Kier molecular flexibility index (Phi) is 11.4. The third-order valence-corrected chi connectivity index (χ3v) is 31.8. The van der Waals surface area contributed by atoms with E-state index >= 15 is 0 Å². The average Bonchev–Trinajstić information content (AvgIpc) is 3.43. The first-order valence-electron chi connectivity index (χ1n) is 17.8. The Labute approximate surface area is 303 Å². The lowest BCUT2D eigenvalue weighted by Crippen LogP contribution is -2.82. The van der Waals surface area contributed by atoms with Crippen LogP contribution in [0.5, 0.6) is 0 Å². The quantitative estimate of drug-likeness (QED) is 0.180. The topological polar surface area (TPSA) is 161 Å². The molecule has 16 heteroatoms. The number of hydrogen-bond acceptors (Lipinski definition) is 9. The van der Waals surface area contributed by atoms with E-state index in [1.165, 1.54) is 6.33 Å². The molecule has 3 rings (SSSR count). The number of nitrogens with one attached hydrogen (secondary N) is 2. The summed E-state index contributed by atoms with van der Waals surface area (Å²) in [6.07, 6.45) is -1.37. The molecule has 0 unspecified atom stereocenters. The minimum absolute atomic E-state index is 0.0145. The molecule has 4 N–H and O–H groups in total. The first kappa shape index (κ1) is 42.7. The van der Waals surface area contributed by atoms with Crippen LogP contribution in [0, 0.1) is 0 Å². The molecule has 0 aromatic carbocycles. The van der Waals surface area contributed by atoms with Crippen LogP contribution in [-0.4, -0.2) is 98.1 Å². The predicted octanol–water partition coefficient (Wildman–Crippen LogP) is 7.48. The molecule has 286 valence electrons. The van der Waals surface area contributed by atoms with Crippen molar-refractivity contribution < 1.29 is 28.9 Å². The molecule has 3 heterocycles. The number of aromatic nitrogens is 4. The van der Waals surface area contributed by atoms with E-state index in [2.05, 4.69) is 142 Å². The molecule has 1 fully saturated rings. The summed E-state index contributed by atoms with van der Waals surface area (Å²) < 4.78 is 20.7. The lowest BCUT2D eigenvalue weighted by atomic mass is 10.1. The van der Waals surface area contributed by atoms with E-state index in [4.69, 9.17) is 13.9 Å². The highest BCUT2D eigenvalue weighted by Crippen LogP contribution is 2.63. The molecule has 0 saturated carbocycles. The molecular formula is C34H67N5O7Si4. The van der Waals surface area contributed by atoms with Gasteiger partial charge in [0.2, 0.25) is 5.95 Å². The van der Waals surface area contributed by atoms with Gasteiger partial charge in [0.1, 0.15) is 16.6 Å². The van der Waals surface area contributed by atoms with E-state index in [9.17, 15) is 19.8 Å². The van der Waals surface area contributed by atoms with Gasteiger partial charge in [-0.3, -0.25) is 19.7 Å². The number of fused-ring (bicyclic) bond motifs is 1. The average molecular weight is 770 g/mol. The Morgan fingerprint density at radius 2 is 1.44 bits per heavy atom. The van der Waals surface area contributed by atoms with Crippen molar-refractivity contribution in [3.05, 3.63) is 16.7 Å². The fraction of sp³-hybridized carbons (Fsp3) is 0.824. The second-order valence-corrected chi connectivity index (χ2v) is 41.6. The Morgan fingerprint density at radius 1 is 0.920 bits per heavy atom. The van der Waals surface area contributed by atoms with Crippen LogP contribution in [-0.2, 0) is 13.9 Å². The van der Waals surface area contributed by atoms with Crippen LogP contribution in [0.25, 0.3) is 11.2 Å². The van der Waals surface area contributed by atoms with Gasteiger partial charge in [-0.2, -0.15) is 4.98 Å². The summed E-state index contributed by atoms with van der Waals surface area (Å²) in [7, 11) is -9.76. The number of carbonyl (C=O) groups excluding carboxylic acids is 1. The lowest BCUT2D eigenvalue weighted by Gasteiger charge is -2.61. The maximum absolute atomic E-state index is 13.8. The van der Waals surface area contributed by atoms with Crippen LogP contribution in [0.1, 0.15) is 68.5 Å². The normalized spacial score (nSPS) is 24.6. The summed E-state index contributed by atoms with van der Waals surface area (Å²) in [5.41, 5.74) is -0.449. The van der Waals surface area contributed by atoms with Crippen molar-refractivity contribution in [2.75, 3.05) is 18.5 Å². The number of aromatic amines is 1. The van der Waals surface area contributed by atoms with E-state index < -0.39 is 72.0 Å². The lowest BCUT2D eigenvalue weighted by molar-refractivity contribution is -0.0737. The molecule has 12 nitrogen and oxygen atoms in total. The predicted molar refractivity (Wildman–Crippen MR) is 213 cm³/mol. The molecule has 1 saturated heterocycles. The Balaban J connectivity index is 2.31. The molecule has 2 aromatic rings. The number of nitrogens with zero attached hydrogens (tertiary/aromatic N) is 3. The molecule has 50 heavy (non-hydrogen) atoms. The van der Waals surface area contributed by atoms with Gasteiger partial charge in [0.25, 0.3) is 5.56 Å². The zero-order valence-corrected chi connectivity index (χ0v) is 38.1. The van der Waals surface area contributed by atoms with E-state index in [-0.39, 0.29) is 40.4 Å². The summed E-state index contributed by atoms with van der Waals surface area (Å²) in [5.74, 6) is -0.117. The number of ether oxygens (including phenoxy) is 2. The number of amides is 1. The summed E-state index contributed by atoms with van der Waals surface area (Å²) in [6.45, 7) is 38.8. The standard InChI is InChI=1S/C34H67N5O7Si4/c1-30(2,3)48(13,14)33(42)23(21-45-50(17,18)32(7,8)9)46-27(34(33,43)49(15,16)31(4,5)6)39-22-35-24-25(39)36-28(37-26(24)40)38-29(41)44-19-20-47(10,11)12/h22-23,27,42-43H,19-21H2,1-18H3,(H2,36,37,38,40,41)/t23-,27-,33+,34-/m1/s1. The molecule has 0 radical (unpaired) electrons. The maximum Gasteiger partial charge on any atom is 0.413 e. The Hall–Kier alpha value is -1.67. The van der Waals surface area contributed by atoms with Gasteiger partial charge in [0.05, 0.1) is 35.7 Å². The number of hydrogen-bond donors (Lipinski definition) is 4. The van der Waals surface area contributed by atoms with Gasteiger partial charge in [-0.15, -0.1) is 0 Å². The molecule has 1 aliphatic rings. The van der Waals surface area contributed by atoms with Crippen molar-refractivity contribution in [2.24, 2.45) is 0 Å². The van der Waals surface area contributed by atoms with Crippen molar-refractivity contribution in [1.82, 2.24) is 19.5 Å². The summed E-state index contributed by atoms with van der Waals surface area (Å²) in [5, 5.41) is 25.7. The zero-order valence-electron chi connectivity index (χ0n) is 34.1. The van der Waals surface area contributed by atoms with Crippen LogP contribution in [0.4, 0.5) is 10.7 Å². The van der Waals surface area contributed by atoms with Crippen LogP contribution in [0.2, 0.25) is 80.1 Å². The number of aliphatic hydroxyl groups is 2. The number of rotatable bonds is 10. The van der Waals surface area contributed by atoms with Gasteiger partial charge in [0.15, 0.2) is 25.7 Å². The summed E-state index contributed by atoms with van der Waals surface area (Å²) in [4.78, 5) is 37.7. The van der Waals surface area contributed by atoms with E-state index in [0.717, 1.165) is 6.04 Å². The highest BCUT2D eigenvalue weighted by Gasteiger charge is 2.79. The molecule has 1 amide bonds. The SMILES string of the molecule is CC(C)(C)[Si](C)(C)OC[C@H]1O[C@@H](n2cnc3c(=O)[nH]c(NC(=O)OCC[Si](C)(C)C)nc32)[C@@](O)([Si](C)(C)C(C)(C)C)[C@@]1(O)[Si](C)(C)C(C)(C)C. The van der Waals surface area contributed by atoms with Crippen LogP contribution in [0.15, 0.2) is 11.1 Å². The zero-order chi connectivity index (χ0) is 38.9. The summed E-state index contributed by atoms with van der Waals surface area (Å²) in [6, 6.07) is 0.790. The first-order chi connectivity index (χ1) is 22.2. The number of anilines is 1. The third kappa shape index (κ3) is 7.28. The largest absolute Gasteiger partial charge is 0.450 e. The fourth-order valence-corrected chi connectivity index (χ4v) is 16.1. The van der Waals surface area contributed by atoms with Gasteiger partial charge in [-0.25, -0.2) is 9.78 Å². The molecule has 4 atom stereocenters. The van der Waals surface area contributed by atoms with Gasteiger partial charge in [-0.1, -0.05) is 108 Å². The van der Waals surface area contributed by atoms with Gasteiger partial charge < -0.3 is 24.1 Å². The second-order valence-electron chi connectivity index (χ2n) is 20.1. The smallest absolute Gasteiger partial charge is 0.413 e. The van der Waals surface area contributed by atoms with Crippen LogP contribution < -0.4 is 10.9 Å². The molecule has 2 aromatic heterocycles. The van der Waals surface area contributed by atoms with E-state index in [1.807, 2.05) is 0 Å². The van der Waals surface area contributed by atoms with Crippen molar-refractivity contribution in [2.45, 2.75) is 165 Å². The van der Waals surface area contributed by atoms with Crippen molar-refractivity contribution in [3.63, 3.8) is 0 Å². The number of H-pyrrole nitrogens is 1. The minimum atomic E-state index is -3.04. The number of imidazole rings is 1. The molecular weight excluding hydrogens is 703 g/mol. The highest BCUT2D eigenvalue weighted by atomic mass is 28.4. The van der Waals surface area contributed by atoms with Gasteiger partial charge in [-0.05, 0) is 34.3 Å². The van der Waals surface area contributed by atoms with Gasteiger partial charge in [0, 0.05) is 8.07 Å². The minimum Gasteiger partial charge on any atom is -0.450 e. The van der Waals surface area contributed by atoms with Crippen molar-refractivity contribution >= 4 is 55.7 Å². The van der Waals surface area contributed by atoms with Gasteiger partial charge >= 0.3 is 6.09 Å². The Morgan fingerprint density at radius 3 is 1.92 bits per heavy atom. The molecule has 0 spiro atoms. The fourth-order valence-electron chi connectivity index (χ4n) is 6.26. The number of carbonyl (C=O) groups is 1. The monoisotopic (exact) mass is 769 g/mol.